The van der Waals surface area contributed by atoms with Gasteiger partial charge < -0.3 is 34.3 Å². The molecule has 10 nitrogen and oxygen atoms in total. The molecule has 0 spiro atoms. The van der Waals surface area contributed by atoms with E-state index in [-0.39, 0.29) is 23.8 Å². The minimum absolute atomic E-state index is 0.0122. The number of benzene rings is 2. The van der Waals surface area contributed by atoms with Crippen LogP contribution in [-0.4, -0.2) is 88.5 Å². The van der Waals surface area contributed by atoms with Gasteiger partial charge >= 0.3 is 17.1 Å². The number of amides is 2. The summed E-state index contributed by atoms with van der Waals surface area (Å²) in [5.74, 6) is 0.0122. The Morgan fingerprint density at radius 1 is 0.927 bits per heavy atom. The third-order valence-electron chi connectivity index (χ3n) is 6.58. The van der Waals surface area contributed by atoms with Crippen LogP contribution in [0.4, 0.5) is 9.59 Å². The van der Waals surface area contributed by atoms with Crippen molar-refractivity contribution >= 4 is 33.7 Å². The molecule has 41 heavy (non-hydrogen) atoms. The first-order valence-electron chi connectivity index (χ1n) is 14.0. The standard InChI is InChI=1S/C30H42N4O6S/c1-6-32(7-2)17-18-33(29(38)40-30(3,4)5)19-20-39-28(37)34(21-22-11-9-8-10-12-22)16-15-23-13-14-24(35)25-26(23)41-27(36)31-25/h8-14,35H,6-7,15-21H2,1-5H3,(H,31,36). The molecule has 0 saturated carbocycles. The molecule has 2 aromatic carbocycles. The number of aromatic nitrogens is 1. The van der Waals surface area contributed by atoms with Crippen molar-refractivity contribution in [2.45, 2.75) is 53.2 Å². The molecule has 0 aliphatic rings. The number of H-pyrrole nitrogens is 1. The fourth-order valence-corrected chi connectivity index (χ4v) is 5.22. The number of fused-ring (bicyclic) bond motifs is 1. The molecule has 0 radical (unpaired) electrons. The van der Waals surface area contributed by atoms with Crippen molar-refractivity contribution in [1.29, 1.82) is 0 Å². The molecular formula is C30H42N4O6S. The second kappa shape index (κ2) is 14.9. The van der Waals surface area contributed by atoms with Crippen molar-refractivity contribution in [2.75, 3.05) is 45.9 Å². The van der Waals surface area contributed by atoms with E-state index in [1.54, 1.807) is 21.9 Å². The number of phenols is 1. The van der Waals surface area contributed by atoms with E-state index in [1.807, 2.05) is 51.1 Å². The van der Waals surface area contributed by atoms with E-state index >= 15 is 0 Å². The fraction of sp³-hybridized carbons (Fsp3) is 0.500. The zero-order chi connectivity index (χ0) is 30.0. The highest BCUT2D eigenvalue weighted by molar-refractivity contribution is 7.16. The Kier molecular flexibility index (Phi) is 11.6. The summed E-state index contributed by atoms with van der Waals surface area (Å²) in [5.41, 5.74) is 1.56. The molecule has 0 atom stereocenters. The summed E-state index contributed by atoms with van der Waals surface area (Å²) in [6.45, 7) is 13.4. The Labute approximate surface area is 245 Å². The molecule has 2 N–H and O–H groups in total. The zero-order valence-electron chi connectivity index (χ0n) is 24.6. The van der Waals surface area contributed by atoms with Crippen LogP contribution >= 0.6 is 11.3 Å². The van der Waals surface area contributed by atoms with Gasteiger partial charge in [-0.15, -0.1) is 0 Å². The largest absolute Gasteiger partial charge is 0.506 e. The molecule has 0 saturated heterocycles. The number of hydrogen-bond donors (Lipinski definition) is 2. The Bertz CT molecular complexity index is 1330. The van der Waals surface area contributed by atoms with E-state index in [9.17, 15) is 19.5 Å². The number of thiazole rings is 1. The SMILES string of the molecule is CCN(CC)CCN(CCOC(=O)N(CCc1ccc(O)c2[nH]c(=O)sc12)Cc1ccccc1)C(=O)OC(C)(C)C. The lowest BCUT2D eigenvalue weighted by Gasteiger charge is -2.29. The Hall–Kier alpha value is -3.57. The van der Waals surface area contributed by atoms with Crippen LogP contribution in [0.3, 0.4) is 0 Å². The Morgan fingerprint density at radius 3 is 2.29 bits per heavy atom. The monoisotopic (exact) mass is 586 g/mol. The molecule has 0 aliphatic carbocycles. The molecule has 0 bridgehead atoms. The quantitative estimate of drug-likeness (QED) is 0.288. The number of aromatic amines is 1. The van der Waals surface area contributed by atoms with E-state index < -0.39 is 17.8 Å². The summed E-state index contributed by atoms with van der Waals surface area (Å²) in [7, 11) is 0. The van der Waals surface area contributed by atoms with E-state index in [0.29, 0.717) is 42.8 Å². The average Bonchev–Trinajstić information content (AvgIpc) is 3.33. The first-order chi connectivity index (χ1) is 19.5. The molecule has 224 valence electrons. The number of phenolic OH excluding ortho intramolecular Hbond substituents is 1. The van der Waals surface area contributed by atoms with Crippen LogP contribution in [0, 0.1) is 0 Å². The van der Waals surface area contributed by atoms with Gasteiger partial charge in [-0.2, -0.15) is 0 Å². The number of nitrogens with one attached hydrogen (secondary N) is 1. The van der Waals surface area contributed by atoms with Gasteiger partial charge in [-0.25, -0.2) is 9.59 Å². The number of hydrogen-bond acceptors (Lipinski definition) is 8. The highest BCUT2D eigenvalue weighted by atomic mass is 32.1. The highest BCUT2D eigenvalue weighted by Gasteiger charge is 2.24. The van der Waals surface area contributed by atoms with Crippen molar-refractivity contribution < 1.29 is 24.2 Å². The van der Waals surface area contributed by atoms with Gasteiger partial charge in [0.15, 0.2) is 0 Å². The molecule has 0 fully saturated rings. The normalized spacial score (nSPS) is 11.6. The highest BCUT2D eigenvalue weighted by Crippen LogP contribution is 2.28. The lowest BCUT2D eigenvalue weighted by Crippen LogP contribution is -2.43. The predicted octanol–water partition coefficient (Wildman–Crippen LogP) is 5.06. The molecule has 1 aromatic heterocycles. The number of carbonyl (C=O) groups is 2. The lowest BCUT2D eigenvalue weighted by molar-refractivity contribution is 0.0175. The number of carbonyl (C=O) groups excluding carboxylic acids is 2. The maximum Gasteiger partial charge on any atom is 0.410 e. The second-order valence-corrected chi connectivity index (χ2v) is 11.7. The molecule has 3 aromatic rings. The van der Waals surface area contributed by atoms with Crippen LogP contribution in [0.25, 0.3) is 10.2 Å². The Morgan fingerprint density at radius 2 is 1.63 bits per heavy atom. The number of nitrogens with zero attached hydrogens (tertiary/aromatic N) is 3. The van der Waals surface area contributed by atoms with Crippen LogP contribution < -0.4 is 4.87 Å². The van der Waals surface area contributed by atoms with Gasteiger partial charge in [0.05, 0.1) is 11.2 Å². The van der Waals surface area contributed by atoms with E-state index in [4.69, 9.17) is 9.47 Å². The van der Waals surface area contributed by atoms with Crippen LogP contribution in [0.1, 0.15) is 45.7 Å². The van der Waals surface area contributed by atoms with Crippen LogP contribution in [-0.2, 0) is 22.4 Å². The molecular weight excluding hydrogens is 544 g/mol. The number of aromatic hydroxyl groups is 1. The van der Waals surface area contributed by atoms with Crippen molar-refractivity contribution in [3.63, 3.8) is 0 Å². The van der Waals surface area contributed by atoms with Gasteiger partial charge in [-0.3, -0.25) is 4.79 Å². The summed E-state index contributed by atoms with van der Waals surface area (Å²) in [4.78, 5) is 45.9. The number of rotatable bonds is 13. The molecule has 3 rings (SSSR count). The summed E-state index contributed by atoms with van der Waals surface area (Å²) >= 11 is 1.03. The molecule has 0 unspecified atom stereocenters. The summed E-state index contributed by atoms with van der Waals surface area (Å²) in [5, 5.41) is 10.1. The van der Waals surface area contributed by atoms with Crippen molar-refractivity contribution in [3.05, 3.63) is 63.3 Å². The summed E-state index contributed by atoms with van der Waals surface area (Å²) in [6, 6.07) is 12.9. The topological polar surface area (TPSA) is 115 Å². The first-order valence-corrected chi connectivity index (χ1v) is 14.8. The molecule has 0 aliphatic heterocycles. The lowest BCUT2D eigenvalue weighted by atomic mass is 10.1. The molecule has 2 amide bonds. The minimum atomic E-state index is -0.638. The maximum atomic E-state index is 13.3. The second-order valence-electron chi connectivity index (χ2n) is 10.7. The zero-order valence-corrected chi connectivity index (χ0v) is 25.5. The minimum Gasteiger partial charge on any atom is -0.506 e. The third kappa shape index (κ3) is 9.79. The number of ether oxygens (including phenoxy) is 2. The molecule has 11 heteroatoms. The fourth-order valence-electron chi connectivity index (χ4n) is 4.32. The van der Waals surface area contributed by atoms with Gasteiger partial charge in [0, 0.05) is 26.2 Å². The van der Waals surface area contributed by atoms with E-state index in [0.717, 1.165) is 35.6 Å². The third-order valence-corrected chi connectivity index (χ3v) is 7.54. The van der Waals surface area contributed by atoms with Gasteiger partial charge in [-0.1, -0.05) is 61.6 Å². The van der Waals surface area contributed by atoms with Crippen molar-refractivity contribution in [3.8, 4) is 5.75 Å². The number of likely N-dealkylation sites (N-methyl/N-ethyl adjacent to an activating group) is 1. The molecule has 1 heterocycles. The van der Waals surface area contributed by atoms with Crippen LogP contribution in [0.2, 0.25) is 0 Å². The van der Waals surface area contributed by atoms with E-state index in [1.165, 1.54) is 0 Å². The van der Waals surface area contributed by atoms with Gasteiger partial charge in [0.1, 0.15) is 23.5 Å². The first kappa shape index (κ1) is 32.0. The Balaban J connectivity index is 1.69. The van der Waals surface area contributed by atoms with Crippen molar-refractivity contribution in [2.24, 2.45) is 0 Å². The average molecular weight is 587 g/mol. The summed E-state index contributed by atoms with van der Waals surface area (Å²) in [6.07, 6.45) is -0.483. The maximum absolute atomic E-state index is 13.3. The van der Waals surface area contributed by atoms with Gasteiger partial charge in [0.2, 0.25) is 0 Å². The van der Waals surface area contributed by atoms with Gasteiger partial charge in [0.25, 0.3) is 0 Å². The van der Waals surface area contributed by atoms with E-state index in [2.05, 4.69) is 23.7 Å². The summed E-state index contributed by atoms with van der Waals surface area (Å²) < 4.78 is 11.9. The smallest absolute Gasteiger partial charge is 0.410 e. The van der Waals surface area contributed by atoms with Crippen molar-refractivity contribution in [1.82, 2.24) is 19.7 Å². The van der Waals surface area contributed by atoms with Crippen LogP contribution in [0.5, 0.6) is 5.75 Å². The van der Waals surface area contributed by atoms with Crippen LogP contribution in [0.15, 0.2) is 47.3 Å². The van der Waals surface area contributed by atoms with Gasteiger partial charge in [-0.05, 0) is 57.5 Å². The predicted molar refractivity (Wildman–Crippen MR) is 162 cm³/mol.